The van der Waals surface area contributed by atoms with Crippen molar-refractivity contribution in [1.29, 1.82) is 0 Å². The Bertz CT molecular complexity index is 789. The summed E-state index contributed by atoms with van der Waals surface area (Å²) in [6, 6.07) is 4.44. The number of carbonyl (C=O) groups excluding carboxylic acids is 1. The molecular formula is C19H28ClN3O3S. The molecule has 0 aliphatic carbocycles. The Morgan fingerprint density at radius 3 is 2.59 bits per heavy atom. The Labute approximate surface area is 167 Å². The summed E-state index contributed by atoms with van der Waals surface area (Å²) in [5.74, 6) is -0.201. The average molecular weight is 414 g/mol. The molecular weight excluding hydrogens is 386 g/mol. The summed E-state index contributed by atoms with van der Waals surface area (Å²) in [5.41, 5.74) is 1.37. The molecule has 1 aliphatic rings. The number of carbonyl (C=O) groups is 1. The monoisotopic (exact) mass is 413 g/mol. The van der Waals surface area contributed by atoms with E-state index in [1.165, 1.54) is 22.5 Å². The van der Waals surface area contributed by atoms with Crippen LogP contribution in [0.5, 0.6) is 0 Å². The second-order valence-corrected chi connectivity index (χ2v) is 9.22. The van der Waals surface area contributed by atoms with Gasteiger partial charge < -0.3 is 5.32 Å². The number of hydrogen-bond acceptors (Lipinski definition) is 4. The van der Waals surface area contributed by atoms with Gasteiger partial charge in [-0.15, -0.1) is 0 Å². The zero-order valence-corrected chi connectivity index (χ0v) is 17.6. The number of likely N-dealkylation sites (N-methyl/N-ethyl adjacent to an activating group) is 1. The summed E-state index contributed by atoms with van der Waals surface area (Å²) in [4.78, 5) is 14.6. The Morgan fingerprint density at radius 1 is 1.33 bits per heavy atom. The summed E-state index contributed by atoms with van der Waals surface area (Å²) in [6.45, 7) is 11.1. The summed E-state index contributed by atoms with van der Waals surface area (Å²) >= 11 is 6.16. The van der Waals surface area contributed by atoms with Gasteiger partial charge >= 0.3 is 0 Å². The molecule has 0 atom stereocenters. The van der Waals surface area contributed by atoms with E-state index in [9.17, 15) is 13.2 Å². The predicted octanol–water partition coefficient (Wildman–Crippen LogP) is 3.35. The number of benzene rings is 1. The lowest BCUT2D eigenvalue weighted by atomic mass is 10.2. The average Bonchev–Trinajstić information content (AvgIpc) is 3.15. The Morgan fingerprint density at radius 2 is 2.00 bits per heavy atom. The molecule has 0 aromatic heterocycles. The van der Waals surface area contributed by atoms with Gasteiger partial charge in [0, 0.05) is 32.6 Å². The largest absolute Gasteiger partial charge is 0.325 e. The number of nitrogens with zero attached hydrogens (tertiary/aromatic N) is 2. The van der Waals surface area contributed by atoms with Gasteiger partial charge in [-0.05, 0) is 44.5 Å². The van der Waals surface area contributed by atoms with Crippen LogP contribution in [0.2, 0.25) is 5.02 Å². The zero-order valence-electron chi connectivity index (χ0n) is 16.0. The van der Waals surface area contributed by atoms with E-state index in [-0.39, 0.29) is 10.8 Å². The first-order chi connectivity index (χ1) is 12.7. The van der Waals surface area contributed by atoms with E-state index < -0.39 is 10.0 Å². The molecule has 0 saturated carbocycles. The van der Waals surface area contributed by atoms with Gasteiger partial charge in [-0.2, -0.15) is 4.31 Å². The normalized spacial score (nSPS) is 15.3. The highest BCUT2D eigenvalue weighted by Gasteiger charge is 2.27. The molecule has 1 N–H and O–H groups in total. The van der Waals surface area contributed by atoms with Crippen LogP contribution in [0.1, 0.15) is 33.1 Å². The molecule has 1 heterocycles. The Kier molecular flexibility index (Phi) is 7.85. The molecule has 2 rings (SSSR count). The lowest BCUT2D eigenvalue weighted by Gasteiger charge is -2.20. The Balaban J connectivity index is 2.05. The molecule has 6 nitrogen and oxygen atoms in total. The fourth-order valence-electron chi connectivity index (χ4n) is 3.04. The minimum absolute atomic E-state index is 0.154. The fourth-order valence-corrected chi connectivity index (χ4v) is 4.75. The van der Waals surface area contributed by atoms with Crippen molar-refractivity contribution in [2.45, 2.75) is 38.0 Å². The van der Waals surface area contributed by atoms with E-state index in [0.717, 1.165) is 31.5 Å². The van der Waals surface area contributed by atoms with Crippen molar-refractivity contribution in [3.63, 3.8) is 0 Å². The number of rotatable bonds is 9. The van der Waals surface area contributed by atoms with E-state index in [2.05, 4.69) is 16.8 Å². The second kappa shape index (κ2) is 9.68. The van der Waals surface area contributed by atoms with Crippen molar-refractivity contribution in [1.82, 2.24) is 9.21 Å². The molecule has 1 saturated heterocycles. The van der Waals surface area contributed by atoms with Crippen LogP contribution in [-0.2, 0) is 14.8 Å². The van der Waals surface area contributed by atoms with Crippen molar-refractivity contribution in [3.05, 3.63) is 35.4 Å². The third kappa shape index (κ3) is 6.04. The van der Waals surface area contributed by atoms with Crippen LogP contribution >= 0.6 is 11.6 Å². The molecule has 8 heteroatoms. The van der Waals surface area contributed by atoms with Crippen molar-refractivity contribution >= 4 is 33.2 Å². The summed E-state index contributed by atoms with van der Waals surface area (Å²) < 4.78 is 26.9. The predicted molar refractivity (Wildman–Crippen MR) is 110 cm³/mol. The molecule has 0 bridgehead atoms. The molecule has 1 fully saturated rings. The number of anilines is 1. The van der Waals surface area contributed by atoms with Crippen molar-refractivity contribution in [2.75, 3.05) is 38.0 Å². The highest BCUT2D eigenvalue weighted by Crippen LogP contribution is 2.28. The highest BCUT2D eigenvalue weighted by molar-refractivity contribution is 7.89. The number of amides is 1. The first kappa shape index (κ1) is 21.9. The van der Waals surface area contributed by atoms with Gasteiger partial charge in [-0.3, -0.25) is 9.69 Å². The van der Waals surface area contributed by atoms with Gasteiger partial charge in [-0.25, -0.2) is 8.42 Å². The Hall–Kier alpha value is -1.41. The van der Waals surface area contributed by atoms with Crippen LogP contribution < -0.4 is 5.32 Å². The number of sulfonamides is 1. The molecule has 0 radical (unpaired) electrons. The maximum Gasteiger partial charge on any atom is 0.243 e. The van der Waals surface area contributed by atoms with Crippen LogP contribution in [0.15, 0.2) is 35.2 Å². The zero-order chi connectivity index (χ0) is 20.0. The molecule has 0 unspecified atom stereocenters. The molecule has 27 heavy (non-hydrogen) atoms. The minimum atomic E-state index is -3.55. The van der Waals surface area contributed by atoms with E-state index in [4.69, 9.17) is 11.6 Å². The highest BCUT2D eigenvalue weighted by atomic mass is 35.5. The van der Waals surface area contributed by atoms with Crippen LogP contribution in [0.4, 0.5) is 5.69 Å². The van der Waals surface area contributed by atoms with Gasteiger partial charge in [0.15, 0.2) is 0 Å². The van der Waals surface area contributed by atoms with E-state index in [1.54, 1.807) is 0 Å². The van der Waals surface area contributed by atoms with Crippen LogP contribution in [-0.4, -0.2) is 56.3 Å². The first-order valence-electron chi connectivity index (χ1n) is 9.20. The SMILES string of the molecule is C=C(C)CN(CC)CCC(=O)Nc1cc(S(=O)(=O)N2CCCC2)ccc1Cl. The van der Waals surface area contributed by atoms with E-state index in [1.807, 2.05) is 13.8 Å². The van der Waals surface area contributed by atoms with Gasteiger partial charge in [0.1, 0.15) is 0 Å². The van der Waals surface area contributed by atoms with Crippen molar-refractivity contribution in [2.24, 2.45) is 0 Å². The number of hydrogen-bond donors (Lipinski definition) is 1. The van der Waals surface area contributed by atoms with Crippen LogP contribution in [0.25, 0.3) is 0 Å². The van der Waals surface area contributed by atoms with Gasteiger partial charge in [0.25, 0.3) is 0 Å². The van der Waals surface area contributed by atoms with Gasteiger partial charge in [-0.1, -0.05) is 30.7 Å². The smallest absolute Gasteiger partial charge is 0.243 e. The lowest BCUT2D eigenvalue weighted by Crippen LogP contribution is -2.29. The van der Waals surface area contributed by atoms with Crippen molar-refractivity contribution < 1.29 is 13.2 Å². The topological polar surface area (TPSA) is 69.7 Å². The summed E-state index contributed by atoms with van der Waals surface area (Å²) in [6.07, 6.45) is 2.03. The van der Waals surface area contributed by atoms with E-state index >= 15 is 0 Å². The third-order valence-electron chi connectivity index (χ3n) is 4.51. The molecule has 1 aromatic rings. The molecule has 1 aromatic carbocycles. The van der Waals surface area contributed by atoms with Crippen LogP contribution in [0.3, 0.4) is 0 Å². The molecule has 1 aliphatic heterocycles. The maximum absolute atomic E-state index is 12.7. The number of halogens is 1. The third-order valence-corrected chi connectivity index (χ3v) is 6.73. The standard InChI is InChI=1S/C19H28ClN3O3S/c1-4-22(14-15(2)3)12-9-19(24)21-18-13-16(7-8-17(18)20)27(25,26)23-10-5-6-11-23/h7-8,13H,2,4-6,9-12,14H2,1,3H3,(H,21,24). The molecule has 0 spiro atoms. The summed E-state index contributed by atoms with van der Waals surface area (Å²) in [5, 5.41) is 3.06. The molecule has 150 valence electrons. The minimum Gasteiger partial charge on any atom is -0.325 e. The van der Waals surface area contributed by atoms with Crippen LogP contribution in [0, 0.1) is 0 Å². The maximum atomic E-state index is 12.7. The fraction of sp³-hybridized carbons (Fsp3) is 0.526. The quantitative estimate of drug-likeness (QED) is 0.630. The number of nitrogens with one attached hydrogen (secondary N) is 1. The van der Waals surface area contributed by atoms with Crippen molar-refractivity contribution in [3.8, 4) is 0 Å². The van der Waals surface area contributed by atoms with Gasteiger partial charge in [0.2, 0.25) is 15.9 Å². The lowest BCUT2D eigenvalue weighted by molar-refractivity contribution is -0.116. The summed E-state index contributed by atoms with van der Waals surface area (Å²) in [7, 11) is -3.55. The first-order valence-corrected chi connectivity index (χ1v) is 11.0. The van der Waals surface area contributed by atoms with Gasteiger partial charge in [0.05, 0.1) is 15.6 Å². The van der Waals surface area contributed by atoms with E-state index in [0.29, 0.717) is 36.8 Å². The molecule has 1 amide bonds. The second-order valence-electron chi connectivity index (χ2n) is 6.88.